The van der Waals surface area contributed by atoms with Crippen molar-refractivity contribution in [3.8, 4) is 0 Å². The lowest BCUT2D eigenvalue weighted by atomic mass is 9.33. The van der Waals surface area contributed by atoms with Gasteiger partial charge in [-0.2, -0.15) is 0 Å². The molecule has 1 N–H and O–H groups in total. The number of carbonyl (C=O) groups excluding carboxylic acids is 1. The van der Waals surface area contributed by atoms with Crippen LogP contribution in [0, 0.1) is 16.7 Å². The number of piperidine rings is 1. The molecule has 0 amide bonds. The Kier molecular flexibility index (Phi) is 2.69. The van der Waals surface area contributed by atoms with E-state index in [0.717, 1.165) is 25.2 Å². The average Bonchev–Trinajstić information content (AvgIpc) is 2.23. The van der Waals surface area contributed by atoms with E-state index in [1.807, 2.05) is 6.92 Å². The van der Waals surface area contributed by atoms with Gasteiger partial charge in [0.05, 0.1) is 12.0 Å². The van der Waals surface area contributed by atoms with Crippen molar-refractivity contribution < 1.29 is 9.53 Å². The summed E-state index contributed by atoms with van der Waals surface area (Å²) < 4.78 is 5.17. The fourth-order valence-corrected chi connectivity index (χ4v) is 4.41. The second kappa shape index (κ2) is 3.98. The predicted molar refractivity (Wildman–Crippen MR) is 65.6 cm³/mol. The van der Waals surface area contributed by atoms with Gasteiger partial charge in [-0.05, 0) is 69.9 Å². The second-order valence-electron chi connectivity index (χ2n) is 6.43. The number of hydrogen-bond acceptors (Lipinski definition) is 3. The summed E-state index contributed by atoms with van der Waals surface area (Å²) in [6.45, 7) is 4.80. The van der Waals surface area contributed by atoms with Crippen molar-refractivity contribution in [3.05, 3.63) is 0 Å². The lowest BCUT2D eigenvalue weighted by Gasteiger charge is -2.69. The Hall–Kier alpha value is -0.570. The summed E-state index contributed by atoms with van der Waals surface area (Å²) in [5.74, 6) is 0.976. The standard InChI is InChI=1S/C14H23NO2/c1-2-17-12(16)14-8-13(9-14,10-14)7-11-3-5-15-6-4-11/h11,15H,2-10H2,1H3. The number of nitrogens with one attached hydrogen (secondary N) is 1. The highest BCUT2D eigenvalue weighted by Gasteiger charge is 2.71. The number of esters is 1. The lowest BCUT2D eigenvalue weighted by Crippen LogP contribution is -2.66. The molecule has 17 heavy (non-hydrogen) atoms. The summed E-state index contributed by atoms with van der Waals surface area (Å²) in [7, 11) is 0. The Balaban J connectivity index is 1.49. The van der Waals surface area contributed by atoms with Crippen molar-refractivity contribution in [3.63, 3.8) is 0 Å². The molecule has 4 aliphatic rings. The molecule has 0 aromatic carbocycles. The number of carbonyl (C=O) groups is 1. The van der Waals surface area contributed by atoms with Crippen LogP contribution in [0.15, 0.2) is 0 Å². The first-order valence-corrected chi connectivity index (χ1v) is 7.06. The zero-order valence-electron chi connectivity index (χ0n) is 10.8. The third-order valence-corrected chi connectivity index (χ3v) is 5.03. The summed E-state index contributed by atoms with van der Waals surface area (Å²) in [6.07, 6.45) is 7.35. The maximum absolute atomic E-state index is 11.8. The zero-order chi connectivity index (χ0) is 11.9. The van der Waals surface area contributed by atoms with Crippen LogP contribution in [-0.2, 0) is 9.53 Å². The molecule has 3 aliphatic carbocycles. The number of hydrogen-bond donors (Lipinski definition) is 1. The average molecular weight is 237 g/mol. The minimum absolute atomic E-state index is 0.0388. The Labute approximate surface area is 103 Å². The molecule has 4 fully saturated rings. The molecule has 3 nitrogen and oxygen atoms in total. The van der Waals surface area contributed by atoms with Crippen molar-refractivity contribution in [1.82, 2.24) is 5.32 Å². The van der Waals surface area contributed by atoms with E-state index in [1.165, 1.54) is 32.4 Å². The number of ether oxygens (including phenoxy) is 1. The molecule has 3 heteroatoms. The van der Waals surface area contributed by atoms with Crippen LogP contribution in [0.25, 0.3) is 0 Å². The van der Waals surface area contributed by atoms with Crippen LogP contribution in [0.3, 0.4) is 0 Å². The molecule has 0 aromatic heterocycles. The number of rotatable bonds is 4. The lowest BCUT2D eigenvalue weighted by molar-refractivity contribution is -0.233. The summed E-state index contributed by atoms with van der Waals surface area (Å²) >= 11 is 0. The van der Waals surface area contributed by atoms with E-state index in [-0.39, 0.29) is 11.4 Å². The van der Waals surface area contributed by atoms with Crippen LogP contribution in [0.4, 0.5) is 0 Å². The van der Waals surface area contributed by atoms with Gasteiger partial charge in [-0.25, -0.2) is 0 Å². The van der Waals surface area contributed by atoms with E-state index in [2.05, 4.69) is 5.32 Å². The van der Waals surface area contributed by atoms with Crippen LogP contribution in [0.2, 0.25) is 0 Å². The first-order chi connectivity index (χ1) is 8.18. The fraction of sp³-hybridized carbons (Fsp3) is 0.929. The summed E-state index contributed by atoms with van der Waals surface area (Å²) in [6, 6.07) is 0. The third kappa shape index (κ3) is 1.79. The molecule has 0 unspecified atom stereocenters. The van der Waals surface area contributed by atoms with E-state index in [0.29, 0.717) is 12.0 Å². The summed E-state index contributed by atoms with van der Waals surface area (Å²) in [5, 5.41) is 3.42. The summed E-state index contributed by atoms with van der Waals surface area (Å²) in [5.41, 5.74) is 0.498. The van der Waals surface area contributed by atoms with Crippen molar-refractivity contribution in [1.29, 1.82) is 0 Å². The molecule has 1 aliphatic heterocycles. The fourth-order valence-electron chi connectivity index (χ4n) is 4.41. The van der Waals surface area contributed by atoms with Crippen molar-refractivity contribution in [2.24, 2.45) is 16.7 Å². The smallest absolute Gasteiger partial charge is 0.312 e. The topological polar surface area (TPSA) is 38.3 Å². The minimum atomic E-state index is -0.0388. The summed E-state index contributed by atoms with van der Waals surface area (Å²) in [4.78, 5) is 11.8. The molecule has 1 heterocycles. The van der Waals surface area contributed by atoms with Crippen LogP contribution in [0.1, 0.15) is 45.4 Å². The highest BCUT2D eigenvalue weighted by Crippen LogP contribution is 2.76. The Morgan fingerprint density at radius 1 is 1.29 bits per heavy atom. The maximum atomic E-state index is 11.8. The van der Waals surface area contributed by atoms with Crippen molar-refractivity contribution in [2.45, 2.75) is 45.4 Å². The molecule has 2 bridgehead atoms. The largest absolute Gasteiger partial charge is 0.466 e. The van der Waals surface area contributed by atoms with E-state index < -0.39 is 0 Å². The monoisotopic (exact) mass is 237 g/mol. The molecule has 0 atom stereocenters. The van der Waals surface area contributed by atoms with Crippen LogP contribution in [-0.4, -0.2) is 25.7 Å². The highest BCUT2D eigenvalue weighted by atomic mass is 16.5. The van der Waals surface area contributed by atoms with Gasteiger partial charge in [0.15, 0.2) is 0 Å². The first kappa shape index (κ1) is 11.5. The maximum Gasteiger partial charge on any atom is 0.312 e. The van der Waals surface area contributed by atoms with E-state index >= 15 is 0 Å². The minimum Gasteiger partial charge on any atom is -0.466 e. The van der Waals surface area contributed by atoms with Gasteiger partial charge >= 0.3 is 5.97 Å². The Morgan fingerprint density at radius 3 is 2.53 bits per heavy atom. The van der Waals surface area contributed by atoms with E-state index in [4.69, 9.17) is 4.74 Å². The quantitative estimate of drug-likeness (QED) is 0.761. The van der Waals surface area contributed by atoms with Gasteiger partial charge in [0.25, 0.3) is 0 Å². The van der Waals surface area contributed by atoms with Gasteiger partial charge in [0.1, 0.15) is 0 Å². The molecular weight excluding hydrogens is 214 g/mol. The Bertz CT molecular complexity index is 300. The van der Waals surface area contributed by atoms with Gasteiger partial charge in [-0.3, -0.25) is 4.79 Å². The van der Waals surface area contributed by atoms with Gasteiger partial charge in [-0.1, -0.05) is 0 Å². The molecule has 96 valence electrons. The molecule has 1 saturated heterocycles. The molecule has 0 spiro atoms. The van der Waals surface area contributed by atoms with Crippen molar-refractivity contribution in [2.75, 3.05) is 19.7 Å². The van der Waals surface area contributed by atoms with Crippen LogP contribution in [0.5, 0.6) is 0 Å². The third-order valence-electron chi connectivity index (χ3n) is 5.03. The predicted octanol–water partition coefficient (Wildman–Crippen LogP) is 2.11. The Morgan fingerprint density at radius 2 is 1.94 bits per heavy atom. The van der Waals surface area contributed by atoms with Gasteiger partial charge in [0.2, 0.25) is 0 Å². The van der Waals surface area contributed by atoms with Crippen LogP contribution < -0.4 is 5.32 Å². The zero-order valence-corrected chi connectivity index (χ0v) is 10.8. The van der Waals surface area contributed by atoms with E-state index in [1.54, 1.807) is 0 Å². The molecular formula is C14H23NO2. The molecule has 0 aromatic rings. The normalized spacial score (nSPS) is 40.3. The van der Waals surface area contributed by atoms with Crippen molar-refractivity contribution >= 4 is 5.97 Å². The molecule has 3 saturated carbocycles. The van der Waals surface area contributed by atoms with Crippen LogP contribution >= 0.6 is 0 Å². The first-order valence-electron chi connectivity index (χ1n) is 7.06. The van der Waals surface area contributed by atoms with Gasteiger partial charge < -0.3 is 10.1 Å². The van der Waals surface area contributed by atoms with Gasteiger partial charge in [-0.15, -0.1) is 0 Å². The second-order valence-corrected chi connectivity index (χ2v) is 6.43. The van der Waals surface area contributed by atoms with Gasteiger partial charge in [0, 0.05) is 0 Å². The van der Waals surface area contributed by atoms with E-state index in [9.17, 15) is 4.79 Å². The highest BCUT2D eigenvalue weighted by molar-refractivity contribution is 5.81. The molecule has 4 rings (SSSR count). The SMILES string of the molecule is CCOC(=O)C12CC(CC3CCNCC3)(C1)C2. The molecule has 0 radical (unpaired) electrons.